The molecule has 2 amide bonds. The van der Waals surface area contributed by atoms with E-state index in [0.29, 0.717) is 6.54 Å². The van der Waals surface area contributed by atoms with Crippen molar-refractivity contribution in [3.8, 4) is 0 Å². The van der Waals surface area contributed by atoms with Gasteiger partial charge in [0.1, 0.15) is 0 Å². The van der Waals surface area contributed by atoms with E-state index in [1.54, 1.807) is 11.9 Å². The van der Waals surface area contributed by atoms with Crippen LogP contribution in [0.1, 0.15) is 38.5 Å². The van der Waals surface area contributed by atoms with Gasteiger partial charge < -0.3 is 9.80 Å². The Bertz CT molecular complexity index is 351. The molecular formula is C14H24N2O2S. The Morgan fingerprint density at radius 1 is 1.05 bits per heavy atom. The highest BCUT2D eigenvalue weighted by Crippen LogP contribution is 2.37. The maximum Gasteiger partial charge on any atom is 0.242 e. The Labute approximate surface area is 120 Å². The van der Waals surface area contributed by atoms with Gasteiger partial charge in [0.15, 0.2) is 0 Å². The van der Waals surface area contributed by atoms with Gasteiger partial charge in [-0.1, -0.05) is 25.7 Å². The van der Waals surface area contributed by atoms with E-state index in [2.05, 4.69) is 12.6 Å². The molecule has 1 saturated carbocycles. The average molecular weight is 284 g/mol. The van der Waals surface area contributed by atoms with Crippen LogP contribution in [-0.4, -0.2) is 54.0 Å². The molecule has 1 aliphatic carbocycles. The number of thiol groups is 1. The van der Waals surface area contributed by atoms with Crippen LogP contribution < -0.4 is 0 Å². The van der Waals surface area contributed by atoms with Crippen LogP contribution in [-0.2, 0) is 9.59 Å². The van der Waals surface area contributed by atoms with Gasteiger partial charge in [-0.25, -0.2) is 0 Å². The highest BCUT2D eigenvalue weighted by atomic mass is 32.1. The third kappa shape index (κ3) is 3.44. The number of carbonyl (C=O) groups is 2. The first-order valence-electron chi connectivity index (χ1n) is 7.19. The first kappa shape index (κ1) is 14.7. The maximum absolute atomic E-state index is 12.1. The monoisotopic (exact) mass is 284 g/mol. The lowest BCUT2D eigenvalue weighted by Crippen LogP contribution is -2.55. The summed E-state index contributed by atoms with van der Waals surface area (Å²) < 4.78 is 0. The minimum Gasteiger partial charge on any atom is -0.335 e. The van der Waals surface area contributed by atoms with E-state index in [1.807, 2.05) is 0 Å². The van der Waals surface area contributed by atoms with Crippen molar-refractivity contribution in [2.45, 2.75) is 38.5 Å². The molecule has 0 aromatic carbocycles. The third-order valence-electron chi connectivity index (χ3n) is 4.50. The second kappa shape index (κ2) is 6.16. The molecule has 1 aliphatic heterocycles. The second-order valence-electron chi connectivity index (χ2n) is 6.07. The zero-order valence-corrected chi connectivity index (χ0v) is 12.6. The summed E-state index contributed by atoms with van der Waals surface area (Å²) in [5, 5.41) is 0. The van der Waals surface area contributed by atoms with E-state index in [9.17, 15) is 9.59 Å². The normalized spacial score (nSPS) is 24.5. The number of hydrogen-bond acceptors (Lipinski definition) is 3. The van der Waals surface area contributed by atoms with E-state index in [-0.39, 0.29) is 30.3 Å². The molecule has 0 atom stereocenters. The Balaban J connectivity index is 2.04. The van der Waals surface area contributed by atoms with Crippen LogP contribution >= 0.6 is 12.6 Å². The maximum atomic E-state index is 12.1. The molecule has 0 aromatic rings. The van der Waals surface area contributed by atoms with Crippen molar-refractivity contribution in [2.24, 2.45) is 5.41 Å². The fraction of sp³-hybridized carbons (Fsp3) is 0.857. The molecule has 19 heavy (non-hydrogen) atoms. The minimum atomic E-state index is 0.0440. The van der Waals surface area contributed by atoms with Crippen molar-refractivity contribution in [3.05, 3.63) is 0 Å². The van der Waals surface area contributed by atoms with Gasteiger partial charge >= 0.3 is 0 Å². The van der Waals surface area contributed by atoms with Crippen LogP contribution in [0.15, 0.2) is 0 Å². The van der Waals surface area contributed by atoms with Crippen LogP contribution in [0.2, 0.25) is 0 Å². The van der Waals surface area contributed by atoms with E-state index in [0.717, 1.165) is 18.6 Å². The predicted molar refractivity (Wildman–Crippen MR) is 78.2 cm³/mol. The third-order valence-corrected chi connectivity index (χ3v) is 5.17. The van der Waals surface area contributed by atoms with Crippen LogP contribution in [0.25, 0.3) is 0 Å². The van der Waals surface area contributed by atoms with E-state index in [1.165, 1.54) is 30.6 Å². The summed E-state index contributed by atoms with van der Waals surface area (Å²) in [6.45, 7) is 1.17. The van der Waals surface area contributed by atoms with Crippen molar-refractivity contribution in [1.82, 2.24) is 9.80 Å². The fourth-order valence-corrected chi connectivity index (χ4v) is 3.57. The molecular weight excluding hydrogens is 260 g/mol. The highest BCUT2D eigenvalue weighted by Gasteiger charge is 2.36. The zero-order chi connectivity index (χ0) is 13.9. The first-order valence-corrected chi connectivity index (χ1v) is 7.82. The largest absolute Gasteiger partial charge is 0.335 e. The average Bonchev–Trinajstić information content (AvgIpc) is 2.62. The molecule has 0 aromatic heterocycles. The van der Waals surface area contributed by atoms with Gasteiger partial charge in [-0.3, -0.25) is 9.59 Å². The number of nitrogens with zero attached hydrogens (tertiary/aromatic N) is 2. The number of likely N-dealkylation sites (N-methyl/N-ethyl adjacent to an activating group) is 1. The second-order valence-corrected chi connectivity index (χ2v) is 6.39. The molecule has 2 rings (SSSR count). The standard InChI is InChI=1S/C14H24N2O2S/c1-15-8-13(18)16(9-12(15)17)10-14(11-19)6-4-2-3-5-7-14/h19H,2-11H2,1H3. The van der Waals surface area contributed by atoms with Crippen LogP contribution in [0.3, 0.4) is 0 Å². The molecule has 0 spiro atoms. The van der Waals surface area contributed by atoms with E-state index in [4.69, 9.17) is 0 Å². The zero-order valence-electron chi connectivity index (χ0n) is 11.7. The van der Waals surface area contributed by atoms with E-state index < -0.39 is 0 Å². The summed E-state index contributed by atoms with van der Waals surface area (Å²) in [7, 11) is 1.69. The number of carbonyl (C=O) groups excluding carboxylic acids is 2. The van der Waals surface area contributed by atoms with Gasteiger partial charge in [0.05, 0.1) is 13.1 Å². The summed E-state index contributed by atoms with van der Waals surface area (Å²) >= 11 is 4.53. The molecule has 0 bridgehead atoms. The summed E-state index contributed by atoms with van der Waals surface area (Å²) in [5.74, 6) is 0.927. The molecule has 5 heteroatoms. The van der Waals surface area contributed by atoms with Crippen LogP contribution in [0.5, 0.6) is 0 Å². The summed E-state index contributed by atoms with van der Waals surface area (Å²) in [4.78, 5) is 27.1. The van der Waals surface area contributed by atoms with Crippen molar-refractivity contribution in [1.29, 1.82) is 0 Å². The van der Waals surface area contributed by atoms with Crippen molar-refractivity contribution >= 4 is 24.4 Å². The number of piperazine rings is 1. The fourth-order valence-electron chi connectivity index (χ4n) is 3.16. The van der Waals surface area contributed by atoms with Gasteiger partial charge in [0.2, 0.25) is 11.8 Å². The van der Waals surface area contributed by atoms with Crippen molar-refractivity contribution in [2.75, 3.05) is 32.4 Å². The number of rotatable bonds is 3. The van der Waals surface area contributed by atoms with Crippen molar-refractivity contribution in [3.63, 3.8) is 0 Å². The molecule has 1 saturated heterocycles. The Morgan fingerprint density at radius 2 is 1.68 bits per heavy atom. The molecule has 1 heterocycles. The van der Waals surface area contributed by atoms with Gasteiger partial charge in [-0.15, -0.1) is 0 Å². The summed E-state index contributed by atoms with van der Waals surface area (Å²) in [5.41, 5.74) is 0.117. The predicted octanol–water partition coefficient (Wildman–Crippen LogP) is 1.56. The first-order chi connectivity index (χ1) is 9.06. The molecule has 0 N–H and O–H groups in total. The molecule has 2 fully saturated rings. The summed E-state index contributed by atoms with van der Waals surface area (Å²) in [6, 6.07) is 0. The number of amides is 2. The molecule has 0 unspecified atom stereocenters. The SMILES string of the molecule is CN1CC(=O)N(CC2(CS)CCCCCC2)CC1=O. The van der Waals surface area contributed by atoms with Crippen LogP contribution in [0.4, 0.5) is 0 Å². The van der Waals surface area contributed by atoms with Crippen molar-refractivity contribution < 1.29 is 9.59 Å². The quantitative estimate of drug-likeness (QED) is 0.631. The van der Waals surface area contributed by atoms with Gasteiger partial charge in [0.25, 0.3) is 0 Å². The summed E-state index contributed by atoms with van der Waals surface area (Å²) in [6.07, 6.45) is 7.26. The van der Waals surface area contributed by atoms with Gasteiger partial charge in [-0.05, 0) is 24.0 Å². The Kier molecular flexibility index (Phi) is 4.76. The van der Waals surface area contributed by atoms with Gasteiger partial charge in [-0.2, -0.15) is 12.6 Å². The van der Waals surface area contributed by atoms with Crippen LogP contribution in [0, 0.1) is 5.41 Å². The Hall–Kier alpha value is -0.710. The van der Waals surface area contributed by atoms with Gasteiger partial charge in [0, 0.05) is 13.6 Å². The van der Waals surface area contributed by atoms with E-state index >= 15 is 0 Å². The smallest absolute Gasteiger partial charge is 0.242 e. The molecule has 2 aliphatic rings. The minimum absolute atomic E-state index is 0.0440. The lowest BCUT2D eigenvalue weighted by Gasteiger charge is -2.40. The lowest BCUT2D eigenvalue weighted by atomic mass is 9.81. The number of hydrogen-bond donors (Lipinski definition) is 1. The lowest BCUT2D eigenvalue weighted by molar-refractivity contribution is -0.150. The topological polar surface area (TPSA) is 40.6 Å². The molecule has 108 valence electrons. The highest BCUT2D eigenvalue weighted by molar-refractivity contribution is 7.80. The molecule has 4 nitrogen and oxygen atoms in total. The Morgan fingerprint density at radius 3 is 2.26 bits per heavy atom. The molecule has 0 radical (unpaired) electrons.